The minimum atomic E-state index is 0.0394. The zero-order chi connectivity index (χ0) is 12.8. The van der Waals surface area contributed by atoms with Gasteiger partial charge in [-0.1, -0.05) is 6.07 Å². The summed E-state index contributed by atoms with van der Waals surface area (Å²) in [6.07, 6.45) is 8.89. The highest BCUT2D eigenvalue weighted by Crippen LogP contribution is 2.44. The maximum atomic E-state index is 12.4. The summed E-state index contributed by atoms with van der Waals surface area (Å²) in [5, 5.41) is 3.25. The van der Waals surface area contributed by atoms with Crippen molar-refractivity contribution in [2.75, 3.05) is 0 Å². The molecule has 2 aliphatic rings. The molecule has 0 aromatic carbocycles. The molecule has 4 heteroatoms. The molecule has 2 heterocycles. The number of amides is 1. The number of rotatable bonds is 4. The maximum Gasteiger partial charge on any atom is 0.295 e. The predicted molar refractivity (Wildman–Crippen MR) is 70.7 cm³/mol. The molecule has 2 aromatic rings. The Morgan fingerprint density at radius 3 is 2.68 bits per heavy atom. The van der Waals surface area contributed by atoms with E-state index in [1.54, 1.807) is 0 Å². The quantitative estimate of drug-likeness (QED) is 0.803. The number of nitrogens with zero attached hydrogens (tertiary/aromatic N) is 1. The van der Waals surface area contributed by atoms with Gasteiger partial charge in [0.25, 0.3) is 5.91 Å². The van der Waals surface area contributed by atoms with Gasteiger partial charge in [-0.2, -0.15) is 0 Å². The Balaban J connectivity index is 1.59. The summed E-state index contributed by atoms with van der Waals surface area (Å²) in [6, 6.07) is 6.28. The fourth-order valence-electron chi connectivity index (χ4n) is 2.93. The third-order valence-corrected chi connectivity index (χ3v) is 4.28. The second-order valence-electron chi connectivity index (χ2n) is 5.82. The molecule has 0 atom stereocenters. The van der Waals surface area contributed by atoms with E-state index in [1.807, 2.05) is 35.1 Å². The lowest BCUT2D eigenvalue weighted by Gasteiger charge is -2.16. The van der Waals surface area contributed by atoms with E-state index < -0.39 is 0 Å². The highest BCUT2D eigenvalue weighted by atomic mass is 16.2. The summed E-state index contributed by atoms with van der Waals surface area (Å²) in [4.78, 5) is 15.5. The molecule has 0 spiro atoms. The first-order valence-corrected chi connectivity index (χ1v) is 7.11. The smallest absolute Gasteiger partial charge is 0.295 e. The van der Waals surface area contributed by atoms with E-state index in [9.17, 15) is 4.79 Å². The highest BCUT2D eigenvalue weighted by Gasteiger charge is 2.42. The molecule has 4 rings (SSSR count). The van der Waals surface area contributed by atoms with E-state index in [2.05, 4.69) is 10.3 Å². The van der Waals surface area contributed by atoms with Crippen LogP contribution in [0.1, 0.15) is 36.2 Å². The molecule has 2 aromatic heterocycles. The van der Waals surface area contributed by atoms with Crippen LogP contribution in [0.25, 0.3) is 5.52 Å². The number of hydrogen-bond donors (Lipinski definition) is 2. The van der Waals surface area contributed by atoms with Crippen molar-refractivity contribution in [3.05, 3.63) is 36.4 Å². The van der Waals surface area contributed by atoms with Crippen LogP contribution >= 0.6 is 0 Å². The molecule has 2 saturated carbocycles. The average molecular weight is 256 g/mol. The first-order valence-electron chi connectivity index (χ1n) is 7.11. The van der Waals surface area contributed by atoms with Gasteiger partial charge < -0.3 is 5.32 Å². The van der Waals surface area contributed by atoms with Crippen molar-refractivity contribution < 1.29 is 9.20 Å². The van der Waals surface area contributed by atoms with Crippen LogP contribution in [-0.2, 0) is 0 Å². The zero-order valence-corrected chi connectivity index (χ0v) is 10.8. The Kier molecular flexibility index (Phi) is 2.37. The maximum absolute atomic E-state index is 12.4. The van der Waals surface area contributed by atoms with Crippen molar-refractivity contribution >= 4 is 11.4 Å². The minimum Gasteiger partial charge on any atom is -0.345 e. The van der Waals surface area contributed by atoms with Gasteiger partial charge in [0.1, 0.15) is 0 Å². The van der Waals surface area contributed by atoms with Gasteiger partial charge in [-0.3, -0.25) is 4.79 Å². The van der Waals surface area contributed by atoms with Crippen LogP contribution in [0, 0.1) is 11.8 Å². The van der Waals surface area contributed by atoms with Crippen molar-refractivity contribution in [3.63, 3.8) is 0 Å². The van der Waals surface area contributed by atoms with Gasteiger partial charge in [0.15, 0.2) is 5.52 Å². The van der Waals surface area contributed by atoms with E-state index in [0.717, 1.165) is 17.4 Å². The molecule has 2 N–H and O–H groups in total. The van der Waals surface area contributed by atoms with Gasteiger partial charge in [0, 0.05) is 6.04 Å². The van der Waals surface area contributed by atoms with Crippen molar-refractivity contribution in [1.82, 2.24) is 10.3 Å². The monoisotopic (exact) mass is 256 g/mol. The second kappa shape index (κ2) is 4.08. The molecule has 4 nitrogen and oxygen atoms in total. The normalized spacial score (nSPS) is 19.0. The highest BCUT2D eigenvalue weighted by molar-refractivity contribution is 5.98. The number of carbonyl (C=O) groups is 1. The Morgan fingerprint density at radius 2 is 2.00 bits per heavy atom. The van der Waals surface area contributed by atoms with Gasteiger partial charge in [0.05, 0.1) is 6.20 Å². The van der Waals surface area contributed by atoms with Crippen molar-refractivity contribution in [2.24, 2.45) is 11.8 Å². The number of aromatic nitrogens is 2. The average Bonchev–Trinajstić information content (AvgIpc) is 3.32. The van der Waals surface area contributed by atoms with Crippen molar-refractivity contribution in [1.29, 1.82) is 0 Å². The molecule has 0 aliphatic heterocycles. The first-order chi connectivity index (χ1) is 9.33. The Labute approximate surface area is 111 Å². The lowest BCUT2D eigenvalue weighted by atomic mass is 10.1. The van der Waals surface area contributed by atoms with Crippen LogP contribution in [0.5, 0.6) is 0 Å². The fourth-order valence-corrected chi connectivity index (χ4v) is 2.93. The van der Waals surface area contributed by atoms with E-state index in [1.165, 1.54) is 25.7 Å². The molecule has 0 unspecified atom stereocenters. The van der Waals surface area contributed by atoms with Gasteiger partial charge in [-0.05, 0) is 49.7 Å². The van der Waals surface area contributed by atoms with E-state index in [0.29, 0.717) is 11.7 Å². The van der Waals surface area contributed by atoms with Crippen LogP contribution in [0.2, 0.25) is 0 Å². The van der Waals surface area contributed by atoms with Gasteiger partial charge in [-0.25, -0.2) is 9.38 Å². The Hall–Kier alpha value is -1.84. The summed E-state index contributed by atoms with van der Waals surface area (Å²) in [7, 11) is 0. The first kappa shape index (κ1) is 11.0. The largest absolute Gasteiger partial charge is 0.345 e. The summed E-state index contributed by atoms with van der Waals surface area (Å²) >= 11 is 0. The number of hydrogen-bond acceptors (Lipinski definition) is 1. The van der Waals surface area contributed by atoms with E-state index >= 15 is 0 Å². The number of nitrogens with one attached hydrogen (secondary N) is 2. The molecule has 2 fully saturated rings. The number of aromatic amines is 1. The van der Waals surface area contributed by atoms with Gasteiger partial charge >= 0.3 is 0 Å². The molecule has 98 valence electrons. The fraction of sp³-hybridized carbons (Fsp3) is 0.467. The molecule has 19 heavy (non-hydrogen) atoms. The SMILES string of the molecule is O=C(NC(C1CC1)C1CC1)c1[nH]c[n+]2ccccc12. The van der Waals surface area contributed by atoms with Crippen molar-refractivity contribution in [2.45, 2.75) is 31.7 Å². The molecule has 0 saturated heterocycles. The summed E-state index contributed by atoms with van der Waals surface area (Å²) in [6.45, 7) is 0. The molecule has 0 bridgehead atoms. The van der Waals surface area contributed by atoms with Gasteiger partial charge in [-0.15, -0.1) is 0 Å². The number of pyridine rings is 1. The number of H-pyrrole nitrogens is 1. The molecular formula is C15H18N3O+. The lowest BCUT2D eigenvalue weighted by molar-refractivity contribution is -0.511. The van der Waals surface area contributed by atoms with Crippen LogP contribution in [0.4, 0.5) is 0 Å². The van der Waals surface area contributed by atoms with E-state index in [-0.39, 0.29) is 5.91 Å². The number of imidazole rings is 1. The number of carbonyl (C=O) groups excluding carboxylic acids is 1. The summed E-state index contributed by atoms with van der Waals surface area (Å²) < 4.78 is 1.94. The van der Waals surface area contributed by atoms with Crippen LogP contribution in [0.15, 0.2) is 30.7 Å². The minimum absolute atomic E-state index is 0.0394. The van der Waals surface area contributed by atoms with Crippen molar-refractivity contribution in [3.8, 4) is 0 Å². The Morgan fingerprint density at radius 1 is 1.26 bits per heavy atom. The molecular weight excluding hydrogens is 238 g/mol. The summed E-state index contributed by atoms with van der Waals surface area (Å²) in [5.41, 5.74) is 1.61. The third kappa shape index (κ3) is 2.01. The van der Waals surface area contributed by atoms with Crippen LogP contribution in [-0.4, -0.2) is 16.9 Å². The predicted octanol–water partition coefficient (Wildman–Crippen LogP) is 1.67. The second-order valence-corrected chi connectivity index (χ2v) is 5.82. The van der Waals surface area contributed by atoms with Crippen LogP contribution in [0.3, 0.4) is 0 Å². The third-order valence-electron chi connectivity index (χ3n) is 4.28. The molecule has 1 amide bonds. The summed E-state index contributed by atoms with van der Waals surface area (Å²) in [5.74, 6) is 1.49. The Bertz CT molecular complexity index is 613. The van der Waals surface area contributed by atoms with Gasteiger partial charge in [0.2, 0.25) is 12.0 Å². The standard InChI is InChI=1S/C15H17N3O/c19-15(17-13(10-4-5-10)11-6-7-11)14-12-3-1-2-8-18(12)9-16-14/h1-3,8-11,13H,4-7H2,(H,17,19)/p+1. The topological polar surface area (TPSA) is 49.0 Å². The molecule has 2 aliphatic carbocycles. The molecule has 0 radical (unpaired) electrons. The lowest BCUT2D eigenvalue weighted by Crippen LogP contribution is -2.38. The van der Waals surface area contributed by atoms with E-state index in [4.69, 9.17) is 0 Å². The number of fused-ring (bicyclic) bond motifs is 1. The zero-order valence-electron chi connectivity index (χ0n) is 10.8. The van der Waals surface area contributed by atoms with Crippen LogP contribution < -0.4 is 9.72 Å².